The second-order valence-electron chi connectivity index (χ2n) is 4.36. The van der Waals surface area contributed by atoms with Gasteiger partial charge in [-0.2, -0.15) is 5.26 Å². The second-order valence-corrected chi connectivity index (χ2v) is 4.36. The molecule has 0 aromatic carbocycles. The van der Waals surface area contributed by atoms with Gasteiger partial charge in [-0.05, 0) is 43.4 Å². The number of aromatic nitrogens is 1. The molecule has 15 heavy (non-hydrogen) atoms. The fourth-order valence-corrected chi connectivity index (χ4v) is 1.87. The summed E-state index contributed by atoms with van der Waals surface area (Å²) < 4.78 is 0. The van der Waals surface area contributed by atoms with E-state index in [0.29, 0.717) is 0 Å². The molecule has 76 valence electrons. The quantitative estimate of drug-likeness (QED) is 0.732. The van der Waals surface area contributed by atoms with Crippen LogP contribution < -0.4 is 0 Å². The molecule has 0 saturated heterocycles. The maximum atomic E-state index is 9.08. The van der Waals surface area contributed by atoms with E-state index in [1.54, 1.807) is 0 Å². The molecular weight excluding hydrogens is 184 g/mol. The summed E-state index contributed by atoms with van der Waals surface area (Å²) in [6.45, 7) is 7.86. The van der Waals surface area contributed by atoms with E-state index in [1.807, 2.05) is 20.0 Å². The first-order valence-corrected chi connectivity index (χ1v) is 5.13. The third-order valence-corrected chi connectivity index (χ3v) is 3.00. The molecule has 0 unspecified atom stereocenters. The van der Waals surface area contributed by atoms with E-state index in [-0.39, 0.29) is 5.41 Å². The Morgan fingerprint density at radius 3 is 2.67 bits per heavy atom. The van der Waals surface area contributed by atoms with Crippen molar-refractivity contribution in [3.05, 3.63) is 35.7 Å². The van der Waals surface area contributed by atoms with Crippen molar-refractivity contribution in [1.29, 1.82) is 5.26 Å². The summed E-state index contributed by atoms with van der Waals surface area (Å²) in [5.74, 6) is 0. The van der Waals surface area contributed by atoms with Crippen LogP contribution in [0.2, 0.25) is 0 Å². The van der Waals surface area contributed by atoms with E-state index < -0.39 is 0 Å². The van der Waals surface area contributed by atoms with Crippen LogP contribution in [0.5, 0.6) is 0 Å². The maximum absolute atomic E-state index is 9.08. The second kappa shape index (κ2) is 3.20. The van der Waals surface area contributed by atoms with Crippen molar-refractivity contribution < 1.29 is 0 Å². The summed E-state index contributed by atoms with van der Waals surface area (Å²) >= 11 is 0. The molecule has 1 fully saturated rings. The van der Waals surface area contributed by atoms with Crippen LogP contribution in [0.4, 0.5) is 0 Å². The predicted octanol–water partition coefficient (Wildman–Crippen LogP) is 2.98. The average Bonchev–Trinajstić information content (AvgIpc) is 2.97. The zero-order valence-corrected chi connectivity index (χ0v) is 9.17. The van der Waals surface area contributed by atoms with E-state index >= 15 is 0 Å². The van der Waals surface area contributed by atoms with E-state index in [0.717, 1.165) is 35.2 Å². The smallest absolute Gasteiger partial charge is 0.0838 e. The average molecular weight is 198 g/mol. The minimum absolute atomic E-state index is 0.231. The molecular formula is C13H14N2. The molecule has 2 rings (SSSR count). The molecule has 0 aliphatic heterocycles. The molecule has 1 aromatic rings. The highest BCUT2D eigenvalue weighted by Crippen LogP contribution is 2.47. The molecule has 1 heterocycles. The number of rotatable bonds is 2. The number of pyridine rings is 1. The number of hydrogen-bond acceptors (Lipinski definition) is 2. The third kappa shape index (κ3) is 1.55. The van der Waals surface area contributed by atoms with Gasteiger partial charge >= 0.3 is 0 Å². The van der Waals surface area contributed by atoms with Crippen molar-refractivity contribution in [1.82, 2.24) is 4.98 Å². The highest BCUT2D eigenvalue weighted by Gasteiger charge is 2.45. The number of nitrogens with zero attached hydrogens (tertiary/aromatic N) is 2. The van der Waals surface area contributed by atoms with Crippen molar-refractivity contribution >= 4 is 5.57 Å². The van der Waals surface area contributed by atoms with Crippen molar-refractivity contribution in [3.63, 3.8) is 0 Å². The van der Waals surface area contributed by atoms with Crippen LogP contribution in [0.25, 0.3) is 5.57 Å². The molecule has 0 radical (unpaired) electrons. The lowest BCUT2D eigenvalue weighted by atomic mass is 9.97. The lowest BCUT2D eigenvalue weighted by Gasteiger charge is -2.09. The van der Waals surface area contributed by atoms with Crippen LogP contribution in [0.1, 0.15) is 36.6 Å². The summed E-state index contributed by atoms with van der Waals surface area (Å²) in [5, 5.41) is 9.08. The van der Waals surface area contributed by atoms with Gasteiger partial charge in [-0.15, -0.1) is 0 Å². The maximum Gasteiger partial charge on any atom is 0.0838 e. The van der Waals surface area contributed by atoms with E-state index in [2.05, 4.69) is 23.7 Å². The predicted molar refractivity (Wildman–Crippen MR) is 60.2 cm³/mol. The zero-order valence-electron chi connectivity index (χ0n) is 9.17. The first kappa shape index (κ1) is 9.92. The van der Waals surface area contributed by atoms with Crippen LogP contribution in [0, 0.1) is 18.3 Å². The summed E-state index contributed by atoms with van der Waals surface area (Å²) in [4.78, 5) is 4.38. The van der Waals surface area contributed by atoms with Gasteiger partial charge in [0.2, 0.25) is 0 Å². The molecule has 1 aromatic heterocycles. The van der Waals surface area contributed by atoms with Crippen molar-refractivity contribution in [2.45, 2.75) is 32.1 Å². The van der Waals surface area contributed by atoms with Gasteiger partial charge in [0.25, 0.3) is 0 Å². The van der Waals surface area contributed by atoms with Gasteiger partial charge in [0.05, 0.1) is 17.2 Å². The van der Waals surface area contributed by atoms with E-state index in [9.17, 15) is 0 Å². The number of aryl methyl sites for hydroxylation is 1. The monoisotopic (exact) mass is 198 g/mol. The van der Waals surface area contributed by atoms with E-state index in [4.69, 9.17) is 5.26 Å². The molecule has 1 saturated carbocycles. The minimum atomic E-state index is -0.231. The summed E-state index contributed by atoms with van der Waals surface area (Å²) in [7, 11) is 0. The van der Waals surface area contributed by atoms with E-state index in [1.165, 1.54) is 0 Å². The first-order valence-electron chi connectivity index (χ1n) is 5.13. The van der Waals surface area contributed by atoms with Gasteiger partial charge in [0, 0.05) is 6.20 Å². The minimum Gasteiger partial charge on any atom is -0.256 e. The summed E-state index contributed by atoms with van der Waals surface area (Å²) in [5.41, 5.74) is 3.87. The standard InChI is InChI=1S/C13H14N2/c1-9(2)12-10(3)6-11(7-15-12)13(8-14)4-5-13/h6-7H,1,4-5H2,2-3H3. The van der Waals surface area contributed by atoms with Gasteiger partial charge in [-0.25, -0.2) is 0 Å². The Bertz CT molecular complexity index is 462. The Morgan fingerprint density at radius 1 is 1.60 bits per heavy atom. The van der Waals surface area contributed by atoms with Gasteiger partial charge in [0.15, 0.2) is 0 Å². The highest BCUT2D eigenvalue weighted by atomic mass is 14.7. The van der Waals surface area contributed by atoms with Gasteiger partial charge < -0.3 is 0 Å². The largest absolute Gasteiger partial charge is 0.256 e. The van der Waals surface area contributed by atoms with Crippen LogP contribution in [-0.2, 0) is 5.41 Å². The van der Waals surface area contributed by atoms with Crippen LogP contribution in [0.3, 0.4) is 0 Å². The molecule has 0 spiro atoms. The third-order valence-electron chi connectivity index (χ3n) is 3.00. The van der Waals surface area contributed by atoms with Crippen LogP contribution in [0.15, 0.2) is 18.8 Å². The Kier molecular flexibility index (Phi) is 2.12. The van der Waals surface area contributed by atoms with Crippen molar-refractivity contribution in [3.8, 4) is 6.07 Å². The number of allylic oxidation sites excluding steroid dienone is 1. The Morgan fingerprint density at radius 2 is 2.27 bits per heavy atom. The van der Waals surface area contributed by atoms with Crippen molar-refractivity contribution in [2.24, 2.45) is 0 Å². The molecule has 1 aliphatic rings. The highest BCUT2D eigenvalue weighted by molar-refractivity contribution is 5.61. The lowest BCUT2D eigenvalue weighted by Crippen LogP contribution is -2.05. The topological polar surface area (TPSA) is 36.7 Å². The fourth-order valence-electron chi connectivity index (χ4n) is 1.87. The lowest BCUT2D eigenvalue weighted by molar-refractivity contribution is 0.891. The van der Waals surface area contributed by atoms with Gasteiger partial charge in [-0.3, -0.25) is 4.98 Å². The Hall–Kier alpha value is -1.62. The van der Waals surface area contributed by atoms with Crippen LogP contribution in [-0.4, -0.2) is 4.98 Å². The summed E-state index contributed by atoms with van der Waals surface area (Å²) in [6.07, 6.45) is 3.77. The molecule has 2 nitrogen and oxygen atoms in total. The Labute approximate surface area is 90.3 Å². The first-order chi connectivity index (χ1) is 7.09. The fraction of sp³-hybridized carbons (Fsp3) is 0.385. The number of nitriles is 1. The molecule has 0 bridgehead atoms. The normalized spacial score (nSPS) is 16.9. The summed E-state index contributed by atoms with van der Waals surface area (Å²) in [6, 6.07) is 4.46. The zero-order chi connectivity index (χ0) is 11.1. The van der Waals surface area contributed by atoms with Crippen molar-refractivity contribution in [2.75, 3.05) is 0 Å². The molecule has 0 amide bonds. The molecule has 0 N–H and O–H groups in total. The van der Waals surface area contributed by atoms with Gasteiger partial charge in [0.1, 0.15) is 0 Å². The van der Waals surface area contributed by atoms with Crippen LogP contribution >= 0.6 is 0 Å². The Balaban J connectivity index is 2.43. The molecule has 1 aliphatic carbocycles. The molecule has 0 atom stereocenters. The SMILES string of the molecule is C=C(C)c1ncc(C2(C#N)CC2)cc1C. The van der Waals surface area contributed by atoms with Gasteiger partial charge in [-0.1, -0.05) is 12.6 Å². The molecule has 2 heteroatoms. The number of hydrogen-bond donors (Lipinski definition) is 0.